The Hall–Kier alpha value is -1.74. The smallest absolute Gasteiger partial charge is 0.128 e. The zero-order chi connectivity index (χ0) is 12.8. The summed E-state index contributed by atoms with van der Waals surface area (Å²) in [6, 6.07) is 16.9. The number of fused-ring (bicyclic) bond motifs is 5. The molecule has 0 spiro atoms. The topological polar surface area (TPSA) is 14.2 Å². The van der Waals surface area contributed by atoms with Crippen LogP contribution in [0.15, 0.2) is 53.0 Å². The average Bonchev–Trinajstić information content (AvgIpc) is 2.70. The molecule has 1 aromatic heterocycles. The summed E-state index contributed by atoms with van der Waals surface area (Å²) < 4.78 is 9.27. The summed E-state index contributed by atoms with van der Waals surface area (Å²) in [5.41, 5.74) is 3.66. The second-order valence-corrected chi connectivity index (χ2v) is 5.64. The maximum Gasteiger partial charge on any atom is 0.128 e. The van der Waals surface area contributed by atoms with Gasteiger partial charge in [-0.1, -0.05) is 34.1 Å². The lowest BCUT2D eigenvalue weighted by atomic mass is 10.1. The second-order valence-electron chi connectivity index (χ2n) is 4.73. The highest BCUT2D eigenvalue weighted by molar-refractivity contribution is 9.10. The molecule has 94 valence electrons. The van der Waals surface area contributed by atoms with Crippen LogP contribution in [0.25, 0.3) is 22.2 Å². The molecule has 0 radical (unpaired) electrons. The predicted octanol–water partition coefficient (Wildman–Crippen LogP) is 4.46. The van der Waals surface area contributed by atoms with Crippen molar-refractivity contribution in [3.8, 4) is 17.0 Å². The van der Waals surface area contributed by atoms with Crippen LogP contribution in [-0.4, -0.2) is 11.2 Å². The number of benzene rings is 2. The third-order valence-corrected chi connectivity index (χ3v) is 4.09. The van der Waals surface area contributed by atoms with E-state index in [0.29, 0.717) is 6.61 Å². The van der Waals surface area contributed by atoms with Crippen LogP contribution in [0, 0.1) is 0 Å². The molecule has 0 bridgehead atoms. The summed E-state index contributed by atoms with van der Waals surface area (Å²) in [5.74, 6) is 0.963. The van der Waals surface area contributed by atoms with Gasteiger partial charge in [0.25, 0.3) is 0 Å². The standard InChI is InChI=1S/C16H12BrNO/c17-12-5-6-16-13(10-12)15-9-11-3-1-2-4-14(11)18(15)7-8-19-16/h1-6,9-10H,7-8H2. The van der Waals surface area contributed by atoms with Crippen LogP contribution in [0.5, 0.6) is 5.75 Å². The van der Waals surface area contributed by atoms with Gasteiger partial charge in [-0.05, 0) is 30.3 Å². The van der Waals surface area contributed by atoms with E-state index in [1.54, 1.807) is 0 Å². The molecule has 2 nitrogen and oxygen atoms in total. The van der Waals surface area contributed by atoms with E-state index in [1.165, 1.54) is 16.6 Å². The molecule has 1 aliphatic rings. The first-order valence-electron chi connectivity index (χ1n) is 6.34. The molecule has 1 aliphatic heterocycles. The van der Waals surface area contributed by atoms with E-state index in [1.807, 2.05) is 12.1 Å². The number of rotatable bonds is 0. The minimum Gasteiger partial charge on any atom is -0.491 e. The Morgan fingerprint density at radius 1 is 1.05 bits per heavy atom. The van der Waals surface area contributed by atoms with Gasteiger partial charge in [0.1, 0.15) is 12.4 Å². The van der Waals surface area contributed by atoms with Crippen LogP contribution in [0.4, 0.5) is 0 Å². The van der Waals surface area contributed by atoms with Crippen molar-refractivity contribution in [3.63, 3.8) is 0 Å². The lowest BCUT2D eigenvalue weighted by Gasteiger charge is -2.07. The molecule has 0 aliphatic carbocycles. The number of halogens is 1. The monoisotopic (exact) mass is 313 g/mol. The molecule has 0 amide bonds. The lowest BCUT2D eigenvalue weighted by molar-refractivity contribution is 0.308. The summed E-state index contributed by atoms with van der Waals surface area (Å²) in [7, 11) is 0. The summed E-state index contributed by atoms with van der Waals surface area (Å²) in [6.45, 7) is 1.59. The maximum atomic E-state index is 5.85. The first-order chi connectivity index (χ1) is 9.33. The molecular weight excluding hydrogens is 302 g/mol. The summed E-state index contributed by atoms with van der Waals surface area (Å²) in [4.78, 5) is 0. The molecule has 19 heavy (non-hydrogen) atoms. The highest BCUT2D eigenvalue weighted by atomic mass is 79.9. The Morgan fingerprint density at radius 2 is 1.95 bits per heavy atom. The Bertz CT molecular complexity index is 776. The van der Waals surface area contributed by atoms with E-state index in [4.69, 9.17) is 4.74 Å². The van der Waals surface area contributed by atoms with Gasteiger partial charge in [-0.3, -0.25) is 0 Å². The first kappa shape index (κ1) is 11.1. The fourth-order valence-corrected chi connectivity index (χ4v) is 3.11. The minimum atomic E-state index is 0.709. The van der Waals surface area contributed by atoms with E-state index >= 15 is 0 Å². The molecular formula is C16H12BrNO. The van der Waals surface area contributed by atoms with E-state index < -0.39 is 0 Å². The van der Waals surface area contributed by atoms with Crippen LogP contribution in [0.1, 0.15) is 0 Å². The molecule has 3 aromatic rings. The number of hydrogen-bond acceptors (Lipinski definition) is 1. The Kier molecular flexibility index (Phi) is 2.42. The summed E-state index contributed by atoms with van der Waals surface area (Å²) >= 11 is 3.55. The fraction of sp³-hybridized carbons (Fsp3) is 0.125. The van der Waals surface area contributed by atoms with Crippen LogP contribution in [-0.2, 0) is 6.54 Å². The highest BCUT2D eigenvalue weighted by Crippen LogP contribution is 2.37. The van der Waals surface area contributed by atoms with Gasteiger partial charge < -0.3 is 9.30 Å². The average molecular weight is 314 g/mol. The van der Waals surface area contributed by atoms with Crippen LogP contribution in [0.3, 0.4) is 0 Å². The molecule has 0 saturated heterocycles. The third-order valence-electron chi connectivity index (χ3n) is 3.60. The summed E-state index contributed by atoms with van der Waals surface area (Å²) in [6.07, 6.45) is 0. The van der Waals surface area contributed by atoms with Crippen molar-refractivity contribution in [3.05, 3.63) is 53.0 Å². The number of ether oxygens (including phenoxy) is 1. The van der Waals surface area contributed by atoms with Crippen LogP contribution in [0.2, 0.25) is 0 Å². The Morgan fingerprint density at radius 3 is 2.89 bits per heavy atom. The number of nitrogens with zero attached hydrogens (tertiary/aromatic N) is 1. The molecule has 3 heteroatoms. The third kappa shape index (κ3) is 1.69. The fourth-order valence-electron chi connectivity index (χ4n) is 2.75. The second kappa shape index (κ2) is 4.14. The van der Waals surface area contributed by atoms with Gasteiger partial charge in [0, 0.05) is 20.9 Å². The van der Waals surface area contributed by atoms with E-state index in [2.05, 4.69) is 56.9 Å². The molecule has 0 N–H and O–H groups in total. The number of para-hydroxylation sites is 1. The zero-order valence-electron chi connectivity index (χ0n) is 10.3. The van der Waals surface area contributed by atoms with Crippen molar-refractivity contribution >= 4 is 26.8 Å². The van der Waals surface area contributed by atoms with E-state index in [9.17, 15) is 0 Å². The van der Waals surface area contributed by atoms with Crippen molar-refractivity contribution in [2.45, 2.75) is 6.54 Å². The predicted molar refractivity (Wildman–Crippen MR) is 80.6 cm³/mol. The largest absolute Gasteiger partial charge is 0.491 e. The van der Waals surface area contributed by atoms with Crippen molar-refractivity contribution in [1.29, 1.82) is 0 Å². The van der Waals surface area contributed by atoms with Crippen molar-refractivity contribution in [2.24, 2.45) is 0 Å². The normalized spacial score (nSPS) is 13.5. The van der Waals surface area contributed by atoms with Gasteiger partial charge in [-0.25, -0.2) is 0 Å². The maximum absolute atomic E-state index is 5.85. The minimum absolute atomic E-state index is 0.709. The van der Waals surface area contributed by atoms with Gasteiger partial charge in [-0.2, -0.15) is 0 Å². The van der Waals surface area contributed by atoms with E-state index in [0.717, 1.165) is 22.3 Å². The van der Waals surface area contributed by atoms with Gasteiger partial charge >= 0.3 is 0 Å². The molecule has 0 unspecified atom stereocenters. The molecule has 0 atom stereocenters. The number of aromatic nitrogens is 1. The Balaban J connectivity index is 2.08. The summed E-state index contributed by atoms with van der Waals surface area (Å²) in [5, 5.41) is 1.28. The number of hydrogen-bond donors (Lipinski definition) is 0. The quantitative estimate of drug-likeness (QED) is 0.597. The van der Waals surface area contributed by atoms with E-state index in [-0.39, 0.29) is 0 Å². The first-order valence-corrected chi connectivity index (χ1v) is 7.13. The SMILES string of the molecule is Brc1ccc2c(c1)-c1cc3ccccc3n1CCO2. The molecule has 0 fully saturated rings. The van der Waals surface area contributed by atoms with Crippen LogP contribution >= 0.6 is 15.9 Å². The van der Waals surface area contributed by atoms with Gasteiger partial charge in [0.2, 0.25) is 0 Å². The molecule has 2 heterocycles. The van der Waals surface area contributed by atoms with Gasteiger partial charge in [0.15, 0.2) is 0 Å². The van der Waals surface area contributed by atoms with Gasteiger partial charge in [0.05, 0.1) is 12.2 Å². The van der Waals surface area contributed by atoms with Crippen molar-refractivity contribution < 1.29 is 4.74 Å². The molecule has 0 saturated carbocycles. The Labute approximate surface area is 119 Å². The van der Waals surface area contributed by atoms with Crippen molar-refractivity contribution in [1.82, 2.24) is 4.57 Å². The highest BCUT2D eigenvalue weighted by Gasteiger charge is 2.17. The molecule has 2 aromatic carbocycles. The lowest BCUT2D eigenvalue weighted by Crippen LogP contribution is -2.05. The van der Waals surface area contributed by atoms with Gasteiger partial charge in [-0.15, -0.1) is 0 Å². The molecule has 4 rings (SSSR count). The van der Waals surface area contributed by atoms with Crippen LogP contribution < -0.4 is 4.74 Å². The zero-order valence-corrected chi connectivity index (χ0v) is 11.9. The van der Waals surface area contributed by atoms with Crippen molar-refractivity contribution in [2.75, 3.05) is 6.61 Å².